The number of alkyl halides is 3. The number of carbonyl (C=O) groups excluding carboxylic acids is 1. The molecule has 0 aliphatic rings. The molecule has 2 rings (SSSR count). The number of carbonyl (C=O) groups is 1. The van der Waals surface area contributed by atoms with Gasteiger partial charge < -0.3 is 19.5 Å². The van der Waals surface area contributed by atoms with Crippen LogP contribution in [0.2, 0.25) is 0 Å². The van der Waals surface area contributed by atoms with Crippen LogP contribution >= 0.6 is 0 Å². The van der Waals surface area contributed by atoms with Crippen LogP contribution < -0.4 is 14.8 Å². The maximum Gasteiger partial charge on any atom is 0.411 e. The van der Waals surface area contributed by atoms with Gasteiger partial charge in [-0.05, 0) is 17.2 Å². The lowest BCUT2D eigenvalue weighted by Gasteiger charge is -2.11. The summed E-state index contributed by atoms with van der Waals surface area (Å²) in [6.45, 7) is -1.09. The fraction of sp³-hybridized carbons (Fsp3) is 0.350. The molecular formula is C20H22F3NO4. The van der Waals surface area contributed by atoms with Crippen molar-refractivity contribution in [3.8, 4) is 11.5 Å². The number of benzene rings is 2. The van der Waals surface area contributed by atoms with Crippen molar-refractivity contribution in [3.05, 3.63) is 59.2 Å². The Labute approximate surface area is 161 Å². The van der Waals surface area contributed by atoms with E-state index in [9.17, 15) is 18.0 Å². The highest BCUT2D eigenvalue weighted by Gasteiger charge is 2.27. The molecule has 0 spiro atoms. The predicted octanol–water partition coefficient (Wildman–Crippen LogP) is 3.64. The van der Waals surface area contributed by atoms with Crippen molar-refractivity contribution in [2.75, 3.05) is 20.8 Å². The molecule has 0 radical (unpaired) electrons. The standard InChI is InChI=1S/C20H22F3NO4/c1-26-17-8-7-16(18(10-17)27-2)9-19(25)24-11-14-3-5-15(6-4-14)12-28-13-20(21,22)23/h3-8,10H,9,11-13H2,1-2H3,(H,24,25). The van der Waals surface area contributed by atoms with Gasteiger partial charge in [0.2, 0.25) is 5.91 Å². The van der Waals surface area contributed by atoms with Crippen LogP contribution in [0.25, 0.3) is 0 Å². The monoisotopic (exact) mass is 397 g/mol. The normalized spacial score (nSPS) is 11.2. The maximum atomic E-state index is 12.2. The van der Waals surface area contributed by atoms with E-state index in [-0.39, 0.29) is 18.9 Å². The van der Waals surface area contributed by atoms with Crippen LogP contribution in [0.4, 0.5) is 13.2 Å². The molecule has 0 heterocycles. The average molecular weight is 397 g/mol. The van der Waals surface area contributed by atoms with E-state index in [1.165, 1.54) is 7.11 Å². The lowest BCUT2D eigenvalue weighted by molar-refractivity contribution is -0.176. The number of rotatable bonds is 9. The molecule has 28 heavy (non-hydrogen) atoms. The highest BCUT2D eigenvalue weighted by molar-refractivity contribution is 5.79. The quantitative estimate of drug-likeness (QED) is 0.702. The first-order valence-corrected chi connectivity index (χ1v) is 8.50. The third-order valence-electron chi connectivity index (χ3n) is 3.89. The fourth-order valence-electron chi connectivity index (χ4n) is 2.47. The largest absolute Gasteiger partial charge is 0.497 e. The Morgan fingerprint density at radius 3 is 2.29 bits per heavy atom. The van der Waals surface area contributed by atoms with Crippen LogP contribution in [-0.4, -0.2) is 32.9 Å². The minimum absolute atomic E-state index is 0.122. The van der Waals surface area contributed by atoms with Gasteiger partial charge in [-0.1, -0.05) is 30.3 Å². The van der Waals surface area contributed by atoms with Gasteiger partial charge in [-0.2, -0.15) is 13.2 Å². The van der Waals surface area contributed by atoms with Crippen LogP contribution in [-0.2, 0) is 29.1 Å². The molecule has 1 N–H and O–H groups in total. The van der Waals surface area contributed by atoms with E-state index in [1.807, 2.05) is 0 Å². The number of nitrogens with one attached hydrogen (secondary N) is 1. The Hall–Kier alpha value is -2.74. The number of methoxy groups -OCH3 is 2. The van der Waals surface area contributed by atoms with Crippen LogP contribution in [0.5, 0.6) is 11.5 Å². The lowest BCUT2D eigenvalue weighted by atomic mass is 10.1. The number of ether oxygens (including phenoxy) is 3. The molecular weight excluding hydrogens is 375 g/mol. The van der Waals surface area contributed by atoms with Gasteiger partial charge in [-0.25, -0.2) is 0 Å². The zero-order chi connectivity index (χ0) is 20.6. The molecule has 0 saturated carbocycles. The van der Waals surface area contributed by atoms with Gasteiger partial charge in [-0.15, -0.1) is 0 Å². The minimum Gasteiger partial charge on any atom is -0.497 e. The molecule has 8 heteroatoms. The zero-order valence-corrected chi connectivity index (χ0v) is 15.6. The van der Waals surface area contributed by atoms with E-state index in [2.05, 4.69) is 10.1 Å². The number of hydrogen-bond donors (Lipinski definition) is 1. The van der Waals surface area contributed by atoms with Crippen molar-refractivity contribution in [1.29, 1.82) is 0 Å². The molecule has 0 atom stereocenters. The topological polar surface area (TPSA) is 56.8 Å². The highest BCUT2D eigenvalue weighted by Crippen LogP contribution is 2.25. The Bertz CT molecular complexity index is 776. The maximum absolute atomic E-state index is 12.2. The van der Waals surface area contributed by atoms with Crippen molar-refractivity contribution in [3.63, 3.8) is 0 Å². The molecule has 152 valence electrons. The summed E-state index contributed by atoms with van der Waals surface area (Å²) in [7, 11) is 3.07. The van der Waals surface area contributed by atoms with E-state index in [1.54, 1.807) is 49.6 Å². The molecule has 0 aliphatic heterocycles. The average Bonchev–Trinajstić information content (AvgIpc) is 2.66. The number of hydrogen-bond acceptors (Lipinski definition) is 4. The van der Waals surface area contributed by atoms with Gasteiger partial charge >= 0.3 is 6.18 Å². The van der Waals surface area contributed by atoms with Gasteiger partial charge in [0.25, 0.3) is 0 Å². The second-order valence-electron chi connectivity index (χ2n) is 6.06. The summed E-state index contributed by atoms with van der Waals surface area (Å²) in [4.78, 5) is 12.2. The Kier molecular flexibility index (Phi) is 7.69. The highest BCUT2D eigenvalue weighted by atomic mass is 19.4. The SMILES string of the molecule is COc1ccc(CC(=O)NCc2ccc(COCC(F)(F)F)cc2)c(OC)c1. The summed E-state index contributed by atoms with van der Waals surface area (Å²) in [5.74, 6) is 1.03. The molecule has 0 saturated heterocycles. The first kappa shape index (κ1) is 21.6. The number of halogens is 3. The molecule has 5 nitrogen and oxygen atoms in total. The first-order chi connectivity index (χ1) is 13.3. The van der Waals surface area contributed by atoms with Crippen LogP contribution in [0.1, 0.15) is 16.7 Å². The van der Waals surface area contributed by atoms with E-state index >= 15 is 0 Å². The Morgan fingerprint density at radius 1 is 1.00 bits per heavy atom. The Morgan fingerprint density at radius 2 is 1.68 bits per heavy atom. The molecule has 0 aromatic heterocycles. The van der Waals surface area contributed by atoms with Gasteiger partial charge in [0.1, 0.15) is 18.1 Å². The second-order valence-corrected chi connectivity index (χ2v) is 6.06. The van der Waals surface area contributed by atoms with Crippen LogP contribution in [0, 0.1) is 0 Å². The molecule has 2 aromatic carbocycles. The molecule has 1 amide bonds. The van der Waals surface area contributed by atoms with Gasteiger partial charge in [0.15, 0.2) is 0 Å². The molecule has 0 fully saturated rings. The summed E-state index contributed by atoms with van der Waals surface area (Å²) in [6, 6.07) is 12.1. The van der Waals surface area contributed by atoms with E-state index in [0.717, 1.165) is 11.1 Å². The van der Waals surface area contributed by atoms with Crippen molar-refractivity contribution >= 4 is 5.91 Å². The van der Waals surface area contributed by atoms with Crippen LogP contribution in [0.3, 0.4) is 0 Å². The second kappa shape index (κ2) is 9.98. The van der Waals surface area contributed by atoms with Crippen molar-refractivity contribution < 1.29 is 32.2 Å². The van der Waals surface area contributed by atoms with Gasteiger partial charge in [0.05, 0.1) is 27.2 Å². The first-order valence-electron chi connectivity index (χ1n) is 8.50. The summed E-state index contributed by atoms with van der Waals surface area (Å²) in [5, 5.41) is 2.80. The van der Waals surface area contributed by atoms with Gasteiger partial charge in [0, 0.05) is 18.2 Å². The van der Waals surface area contributed by atoms with Crippen molar-refractivity contribution in [2.24, 2.45) is 0 Å². The molecule has 0 bridgehead atoms. The van der Waals surface area contributed by atoms with Crippen molar-refractivity contribution in [2.45, 2.75) is 25.7 Å². The summed E-state index contributed by atoms with van der Waals surface area (Å²) < 4.78 is 51.2. The summed E-state index contributed by atoms with van der Waals surface area (Å²) in [6.07, 6.45) is -4.19. The van der Waals surface area contributed by atoms with E-state index < -0.39 is 12.8 Å². The van der Waals surface area contributed by atoms with Crippen LogP contribution in [0.15, 0.2) is 42.5 Å². The molecule has 0 aliphatic carbocycles. The zero-order valence-electron chi connectivity index (χ0n) is 15.6. The summed E-state index contributed by atoms with van der Waals surface area (Å²) in [5.41, 5.74) is 2.19. The number of amides is 1. The van der Waals surface area contributed by atoms with E-state index in [4.69, 9.17) is 9.47 Å². The van der Waals surface area contributed by atoms with E-state index in [0.29, 0.717) is 23.6 Å². The minimum atomic E-state index is -4.34. The third-order valence-corrected chi connectivity index (χ3v) is 3.89. The smallest absolute Gasteiger partial charge is 0.411 e. The van der Waals surface area contributed by atoms with Gasteiger partial charge in [-0.3, -0.25) is 4.79 Å². The fourth-order valence-corrected chi connectivity index (χ4v) is 2.47. The summed E-state index contributed by atoms with van der Waals surface area (Å²) >= 11 is 0. The predicted molar refractivity (Wildman–Crippen MR) is 97.2 cm³/mol. The molecule has 0 unspecified atom stereocenters. The third kappa shape index (κ3) is 7.11. The Balaban J connectivity index is 1.83. The lowest BCUT2D eigenvalue weighted by Crippen LogP contribution is -2.24. The van der Waals surface area contributed by atoms with Crippen molar-refractivity contribution in [1.82, 2.24) is 5.32 Å². The molecule has 2 aromatic rings.